The third-order valence-electron chi connectivity index (χ3n) is 4.00. The highest BCUT2D eigenvalue weighted by atomic mass is 19.4. The number of esters is 1. The number of halogens is 3. The van der Waals surface area contributed by atoms with E-state index >= 15 is 0 Å². The average Bonchev–Trinajstić information content (AvgIpc) is 2.65. The van der Waals surface area contributed by atoms with Gasteiger partial charge in [0.15, 0.2) is 5.78 Å². The smallest absolute Gasteiger partial charge is 0.416 e. The molecule has 0 aliphatic carbocycles. The molecule has 7 heteroatoms. The van der Waals surface area contributed by atoms with Gasteiger partial charge in [0.2, 0.25) is 0 Å². The zero-order valence-electron chi connectivity index (χ0n) is 14.1. The largest absolute Gasteiger partial charge is 0.465 e. The molecule has 2 aromatic carbocycles. The van der Waals surface area contributed by atoms with E-state index in [-0.39, 0.29) is 11.3 Å². The van der Waals surface area contributed by atoms with Crippen LogP contribution in [0.5, 0.6) is 5.75 Å². The van der Waals surface area contributed by atoms with Crippen molar-refractivity contribution >= 4 is 11.8 Å². The molecule has 0 N–H and O–H groups in total. The Bertz CT molecular complexity index is 955. The number of ketones is 1. The zero-order valence-corrected chi connectivity index (χ0v) is 14.1. The molecular formula is C20H13F3O4. The first-order valence-electron chi connectivity index (χ1n) is 7.85. The second kappa shape index (κ2) is 6.80. The number of ether oxygens (including phenoxy) is 2. The van der Waals surface area contributed by atoms with Gasteiger partial charge in [-0.2, -0.15) is 13.2 Å². The SMILES string of the molecule is COC(=O)[C@]1(C#Cc2ccccc2)CC(=O)c2ccc(C(F)(F)F)cc2O1. The Labute approximate surface area is 152 Å². The van der Waals surface area contributed by atoms with Gasteiger partial charge in [0.1, 0.15) is 5.75 Å². The summed E-state index contributed by atoms with van der Waals surface area (Å²) in [6, 6.07) is 11.1. The summed E-state index contributed by atoms with van der Waals surface area (Å²) in [7, 11) is 1.09. The molecular weight excluding hydrogens is 361 g/mol. The van der Waals surface area contributed by atoms with Crippen molar-refractivity contribution in [3.8, 4) is 17.6 Å². The molecule has 27 heavy (non-hydrogen) atoms. The Kier molecular flexibility index (Phi) is 4.66. The van der Waals surface area contributed by atoms with Gasteiger partial charge in [-0.15, -0.1) is 0 Å². The first-order valence-corrected chi connectivity index (χ1v) is 7.85. The van der Waals surface area contributed by atoms with Crippen LogP contribution in [0.4, 0.5) is 13.2 Å². The number of hydrogen-bond acceptors (Lipinski definition) is 4. The minimum absolute atomic E-state index is 0.0379. The number of fused-ring (bicyclic) bond motifs is 1. The van der Waals surface area contributed by atoms with E-state index in [0.717, 1.165) is 19.2 Å². The van der Waals surface area contributed by atoms with Crippen LogP contribution in [0.25, 0.3) is 0 Å². The van der Waals surface area contributed by atoms with Crippen LogP contribution in [0.1, 0.15) is 27.9 Å². The molecule has 0 aromatic heterocycles. The highest BCUT2D eigenvalue weighted by Crippen LogP contribution is 2.38. The topological polar surface area (TPSA) is 52.6 Å². The van der Waals surface area contributed by atoms with Crippen LogP contribution in [0, 0.1) is 11.8 Å². The third-order valence-corrected chi connectivity index (χ3v) is 4.00. The Balaban J connectivity index is 2.08. The summed E-state index contributed by atoms with van der Waals surface area (Å²) in [5, 5.41) is 0. The highest BCUT2D eigenvalue weighted by Gasteiger charge is 2.48. The van der Waals surface area contributed by atoms with Crippen LogP contribution in [-0.4, -0.2) is 24.5 Å². The van der Waals surface area contributed by atoms with Crippen LogP contribution >= 0.6 is 0 Å². The van der Waals surface area contributed by atoms with Crippen LogP contribution < -0.4 is 4.74 Å². The zero-order chi connectivity index (χ0) is 19.7. The number of carbonyl (C=O) groups is 2. The van der Waals surface area contributed by atoms with Crippen molar-refractivity contribution in [1.29, 1.82) is 0 Å². The van der Waals surface area contributed by atoms with Crippen molar-refractivity contribution in [1.82, 2.24) is 0 Å². The standard InChI is InChI=1S/C20H13F3O4/c1-26-18(25)19(10-9-13-5-3-2-4-6-13)12-16(24)15-8-7-14(20(21,22)23)11-17(15)27-19/h2-8,11H,12H2,1H3/t19-/m0/s1. The Hall–Kier alpha value is -3.27. The molecule has 0 saturated heterocycles. The average molecular weight is 374 g/mol. The van der Waals surface area contributed by atoms with Crippen LogP contribution in [0.2, 0.25) is 0 Å². The van der Waals surface area contributed by atoms with E-state index in [4.69, 9.17) is 9.47 Å². The molecule has 2 aromatic rings. The predicted molar refractivity (Wildman–Crippen MR) is 89.1 cm³/mol. The lowest BCUT2D eigenvalue weighted by molar-refractivity contribution is -0.154. The molecule has 1 heterocycles. The predicted octanol–water partition coefficient (Wildman–Crippen LogP) is 3.63. The number of benzene rings is 2. The summed E-state index contributed by atoms with van der Waals surface area (Å²) >= 11 is 0. The van der Waals surface area contributed by atoms with Gasteiger partial charge >= 0.3 is 12.1 Å². The van der Waals surface area contributed by atoms with Gasteiger partial charge in [-0.3, -0.25) is 4.79 Å². The van der Waals surface area contributed by atoms with E-state index in [1.807, 2.05) is 0 Å². The van der Waals surface area contributed by atoms with Crippen molar-refractivity contribution in [3.05, 3.63) is 65.2 Å². The molecule has 0 saturated carbocycles. The molecule has 0 radical (unpaired) electrons. The van der Waals surface area contributed by atoms with Crippen molar-refractivity contribution in [2.75, 3.05) is 7.11 Å². The minimum Gasteiger partial charge on any atom is -0.465 e. The van der Waals surface area contributed by atoms with Gasteiger partial charge in [0, 0.05) is 5.56 Å². The first kappa shape index (κ1) is 18.5. The summed E-state index contributed by atoms with van der Waals surface area (Å²) in [6.45, 7) is 0. The van der Waals surface area contributed by atoms with Gasteiger partial charge in [-0.25, -0.2) is 4.79 Å². The Morgan fingerprint density at radius 3 is 2.52 bits per heavy atom. The monoisotopic (exact) mass is 374 g/mol. The molecule has 1 aliphatic heterocycles. The summed E-state index contributed by atoms with van der Waals surface area (Å²) in [5.74, 6) is 3.43. The lowest BCUT2D eigenvalue weighted by atomic mass is 9.89. The number of hydrogen-bond donors (Lipinski definition) is 0. The van der Waals surface area contributed by atoms with Crippen LogP contribution in [0.15, 0.2) is 48.5 Å². The molecule has 1 atom stereocenters. The van der Waals surface area contributed by atoms with Crippen molar-refractivity contribution in [2.24, 2.45) is 0 Å². The molecule has 0 fully saturated rings. The molecule has 138 valence electrons. The van der Waals surface area contributed by atoms with Gasteiger partial charge < -0.3 is 9.47 Å². The quantitative estimate of drug-likeness (QED) is 0.565. The van der Waals surface area contributed by atoms with E-state index in [2.05, 4.69) is 11.8 Å². The fraction of sp³-hybridized carbons (Fsp3) is 0.200. The molecule has 0 spiro atoms. The van der Waals surface area contributed by atoms with Gasteiger partial charge in [-0.1, -0.05) is 24.1 Å². The lowest BCUT2D eigenvalue weighted by Gasteiger charge is -2.31. The van der Waals surface area contributed by atoms with Crippen molar-refractivity contribution in [2.45, 2.75) is 18.2 Å². The molecule has 1 aliphatic rings. The highest BCUT2D eigenvalue weighted by molar-refractivity contribution is 6.05. The molecule has 0 bridgehead atoms. The fourth-order valence-corrected chi connectivity index (χ4v) is 2.65. The Morgan fingerprint density at radius 2 is 1.89 bits per heavy atom. The van der Waals surface area contributed by atoms with Gasteiger partial charge in [0.25, 0.3) is 5.60 Å². The van der Waals surface area contributed by atoms with E-state index < -0.39 is 35.5 Å². The lowest BCUT2D eigenvalue weighted by Crippen LogP contribution is -2.48. The van der Waals surface area contributed by atoms with Crippen LogP contribution in [0.3, 0.4) is 0 Å². The van der Waals surface area contributed by atoms with E-state index in [0.29, 0.717) is 11.6 Å². The second-order valence-electron chi connectivity index (χ2n) is 5.85. The van der Waals surface area contributed by atoms with E-state index in [1.54, 1.807) is 30.3 Å². The first-order chi connectivity index (χ1) is 12.7. The van der Waals surface area contributed by atoms with E-state index in [1.165, 1.54) is 0 Å². The van der Waals surface area contributed by atoms with Crippen molar-refractivity contribution in [3.63, 3.8) is 0 Å². The minimum atomic E-state index is -4.62. The van der Waals surface area contributed by atoms with Gasteiger partial charge in [0.05, 0.1) is 24.7 Å². The third kappa shape index (κ3) is 3.65. The number of Topliss-reactive ketones (excluding diaryl/α,β-unsaturated/α-hetero) is 1. The fourth-order valence-electron chi connectivity index (χ4n) is 2.65. The summed E-state index contributed by atoms with van der Waals surface area (Å²) < 4.78 is 49.2. The normalized spacial score (nSPS) is 18.6. The second-order valence-corrected chi connectivity index (χ2v) is 5.85. The summed E-state index contributed by atoms with van der Waals surface area (Å²) in [4.78, 5) is 24.8. The maximum absolute atomic E-state index is 13.0. The summed E-state index contributed by atoms with van der Waals surface area (Å²) in [5.41, 5.74) is -2.50. The maximum atomic E-state index is 13.0. The molecule has 3 rings (SSSR count). The van der Waals surface area contributed by atoms with Crippen LogP contribution in [-0.2, 0) is 15.7 Å². The molecule has 0 amide bonds. The Morgan fingerprint density at radius 1 is 1.19 bits per heavy atom. The van der Waals surface area contributed by atoms with Gasteiger partial charge in [-0.05, 0) is 36.3 Å². The number of carbonyl (C=O) groups excluding carboxylic acids is 2. The number of rotatable bonds is 1. The molecule has 4 nitrogen and oxygen atoms in total. The maximum Gasteiger partial charge on any atom is 0.416 e. The number of alkyl halides is 3. The number of methoxy groups -OCH3 is 1. The van der Waals surface area contributed by atoms with E-state index in [9.17, 15) is 22.8 Å². The summed E-state index contributed by atoms with van der Waals surface area (Å²) in [6.07, 6.45) is -5.08. The van der Waals surface area contributed by atoms with Crippen molar-refractivity contribution < 1.29 is 32.2 Å². The molecule has 0 unspecified atom stereocenters.